The first-order valence-electron chi connectivity index (χ1n) is 11.2. The van der Waals surface area contributed by atoms with Gasteiger partial charge in [-0.05, 0) is 54.6 Å². The molecule has 4 aromatic rings. The third-order valence-corrected chi connectivity index (χ3v) is 10.9. The zero-order valence-corrected chi connectivity index (χ0v) is 23.8. The van der Waals surface area contributed by atoms with E-state index in [1.807, 2.05) is 91.0 Å². The number of hydrogen-bond donors (Lipinski definition) is 2. The molecule has 2 N–H and O–H groups in total. The molecule has 3 nitrogen and oxygen atoms in total. The molecule has 4 aromatic carbocycles. The van der Waals surface area contributed by atoms with Gasteiger partial charge in [0, 0.05) is 0 Å². The molecule has 0 aromatic heterocycles. The molecule has 0 atom stereocenters. The molecule has 0 saturated carbocycles. The molecule has 0 aliphatic carbocycles. The summed E-state index contributed by atoms with van der Waals surface area (Å²) in [6.07, 6.45) is -4.61. The van der Waals surface area contributed by atoms with E-state index in [-0.39, 0.29) is 33.0 Å². The first-order chi connectivity index (χ1) is 18.1. The van der Waals surface area contributed by atoms with Crippen molar-refractivity contribution in [3.63, 3.8) is 0 Å². The standard InChI is InChI=1S/C28H19Cl3F3N2OP.ClH/c29-23-17-16-19(28(32,33)34)18-24(23)35-27(37)36-26(25(30)31)38(20-10-4-1-5-11-20,21-12-6-2-7-13-21)22-14-8-3-9-15-22;/h1-18H,(H-,35,36,37);1H. The smallest absolute Gasteiger partial charge is 0.416 e. The Morgan fingerprint density at radius 2 is 1.15 bits per heavy atom. The molecule has 11 heteroatoms. The van der Waals surface area contributed by atoms with Gasteiger partial charge in [-0.1, -0.05) is 89.4 Å². The summed E-state index contributed by atoms with van der Waals surface area (Å²) in [4.78, 5) is 13.3. The molecule has 0 spiro atoms. The van der Waals surface area contributed by atoms with E-state index < -0.39 is 25.0 Å². The van der Waals surface area contributed by atoms with Gasteiger partial charge >= 0.3 is 12.2 Å². The van der Waals surface area contributed by atoms with Crippen LogP contribution in [0.3, 0.4) is 0 Å². The Bertz CT molecular complexity index is 1350. The molecule has 202 valence electrons. The summed E-state index contributed by atoms with van der Waals surface area (Å²) in [7, 11) is -2.90. The summed E-state index contributed by atoms with van der Waals surface area (Å²) >= 11 is 19.1. The van der Waals surface area contributed by atoms with Crippen molar-refractivity contribution in [1.29, 1.82) is 0 Å². The molecular formula is C28H20Cl4F3N2OP. The second-order valence-electron chi connectivity index (χ2n) is 8.06. The molecule has 4 rings (SSSR count). The SMILES string of the molecule is O=C(NC(=C(Cl)Cl)[P+](c1ccccc1)(c1ccccc1)c1ccccc1)Nc1cc(C(F)(F)F)ccc1Cl.[Cl-]. The highest BCUT2D eigenvalue weighted by atomic mass is 35.5. The van der Waals surface area contributed by atoms with Gasteiger partial charge in [0.25, 0.3) is 0 Å². The number of alkyl halides is 3. The third kappa shape index (κ3) is 6.71. The number of hydrogen-bond acceptors (Lipinski definition) is 1. The van der Waals surface area contributed by atoms with Crippen LogP contribution in [0.5, 0.6) is 0 Å². The number of anilines is 1. The first-order valence-corrected chi connectivity index (χ1v) is 14.1. The number of rotatable bonds is 6. The van der Waals surface area contributed by atoms with Gasteiger partial charge in [0.2, 0.25) is 5.44 Å². The van der Waals surface area contributed by atoms with E-state index in [0.717, 1.165) is 34.1 Å². The minimum Gasteiger partial charge on any atom is -1.00 e. The van der Waals surface area contributed by atoms with Crippen LogP contribution in [0.2, 0.25) is 5.02 Å². The van der Waals surface area contributed by atoms with Crippen LogP contribution in [0.4, 0.5) is 23.7 Å². The maximum atomic E-state index is 13.3. The van der Waals surface area contributed by atoms with Crippen LogP contribution in [0.1, 0.15) is 5.56 Å². The highest BCUT2D eigenvalue weighted by molar-refractivity contribution is 7.99. The minimum atomic E-state index is -4.61. The molecule has 0 saturated heterocycles. The molecule has 0 aliphatic heterocycles. The lowest BCUT2D eigenvalue weighted by Gasteiger charge is -2.29. The third-order valence-electron chi connectivity index (χ3n) is 5.72. The van der Waals surface area contributed by atoms with E-state index >= 15 is 0 Å². The molecular weight excluding hydrogens is 610 g/mol. The van der Waals surface area contributed by atoms with Crippen LogP contribution in [-0.4, -0.2) is 6.03 Å². The van der Waals surface area contributed by atoms with Crippen LogP contribution in [-0.2, 0) is 6.18 Å². The molecule has 0 radical (unpaired) electrons. The highest BCUT2D eigenvalue weighted by Crippen LogP contribution is 2.63. The van der Waals surface area contributed by atoms with Gasteiger partial charge in [-0.3, -0.25) is 5.32 Å². The average molecular weight is 630 g/mol. The molecule has 0 aliphatic rings. The molecule has 0 fully saturated rings. The monoisotopic (exact) mass is 628 g/mol. The van der Waals surface area contributed by atoms with Gasteiger partial charge in [-0.2, -0.15) is 13.2 Å². The van der Waals surface area contributed by atoms with E-state index in [4.69, 9.17) is 34.8 Å². The van der Waals surface area contributed by atoms with Gasteiger partial charge in [-0.25, -0.2) is 4.79 Å². The van der Waals surface area contributed by atoms with Crippen LogP contribution in [0, 0.1) is 0 Å². The fourth-order valence-corrected chi connectivity index (χ4v) is 9.18. The molecule has 39 heavy (non-hydrogen) atoms. The van der Waals surface area contributed by atoms with Crippen molar-refractivity contribution in [3.8, 4) is 0 Å². The summed E-state index contributed by atoms with van der Waals surface area (Å²) in [5, 5.41) is 7.67. The van der Waals surface area contributed by atoms with Gasteiger partial charge in [0.1, 0.15) is 15.9 Å². The Labute approximate surface area is 245 Å². The number of halogens is 7. The molecule has 0 heterocycles. The van der Waals surface area contributed by atoms with E-state index in [1.54, 1.807) is 0 Å². The average Bonchev–Trinajstić information content (AvgIpc) is 2.91. The maximum Gasteiger partial charge on any atom is 0.416 e. The lowest BCUT2D eigenvalue weighted by atomic mass is 10.2. The summed E-state index contributed by atoms with van der Waals surface area (Å²) in [6.45, 7) is 0. The summed E-state index contributed by atoms with van der Waals surface area (Å²) in [6, 6.07) is 30.2. The maximum absolute atomic E-state index is 13.3. The number of amides is 2. The van der Waals surface area contributed by atoms with Crippen LogP contribution in [0.15, 0.2) is 119 Å². The van der Waals surface area contributed by atoms with Crippen molar-refractivity contribution in [1.82, 2.24) is 5.32 Å². The second-order valence-corrected chi connectivity index (χ2v) is 12.8. The Hall–Kier alpha value is -2.73. The molecule has 0 bridgehead atoms. The number of urea groups is 1. The van der Waals surface area contributed by atoms with Crippen LogP contribution in [0.25, 0.3) is 0 Å². The number of nitrogens with one attached hydrogen (secondary N) is 2. The first kappa shape index (κ1) is 30.8. The van der Waals surface area contributed by atoms with E-state index in [0.29, 0.717) is 0 Å². The van der Waals surface area contributed by atoms with E-state index in [2.05, 4.69) is 10.6 Å². The van der Waals surface area contributed by atoms with Gasteiger partial charge in [-0.15, -0.1) is 0 Å². The lowest BCUT2D eigenvalue weighted by Crippen LogP contribution is -3.00. The summed E-state index contributed by atoms with van der Waals surface area (Å²) < 4.78 is 39.6. The molecule has 2 amide bonds. The van der Waals surface area contributed by atoms with E-state index in [1.165, 1.54) is 0 Å². The lowest BCUT2D eigenvalue weighted by molar-refractivity contribution is -0.137. The van der Waals surface area contributed by atoms with E-state index in [9.17, 15) is 18.0 Å². The Morgan fingerprint density at radius 1 is 0.718 bits per heavy atom. The van der Waals surface area contributed by atoms with Crippen molar-refractivity contribution >= 4 is 69.7 Å². The van der Waals surface area contributed by atoms with Crippen molar-refractivity contribution in [2.45, 2.75) is 6.18 Å². The van der Waals surface area contributed by atoms with Gasteiger partial charge < -0.3 is 17.7 Å². The van der Waals surface area contributed by atoms with Crippen LogP contribution < -0.4 is 39.0 Å². The fraction of sp³-hybridized carbons (Fsp3) is 0.0357. The number of benzene rings is 4. The van der Waals surface area contributed by atoms with Crippen molar-refractivity contribution in [2.75, 3.05) is 5.32 Å². The topological polar surface area (TPSA) is 41.1 Å². The van der Waals surface area contributed by atoms with Crippen molar-refractivity contribution in [3.05, 3.63) is 130 Å². The highest BCUT2D eigenvalue weighted by Gasteiger charge is 2.52. The van der Waals surface area contributed by atoms with Gasteiger partial charge in [0.15, 0.2) is 11.8 Å². The normalized spacial score (nSPS) is 11.2. The largest absolute Gasteiger partial charge is 1.00 e. The van der Waals surface area contributed by atoms with Crippen LogP contribution >= 0.6 is 42.1 Å². The summed E-state index contributed by atoms with van der Waals surface area (Å²) in [5.41, 5.74) is -0.958. The number of carbonyl (C=O) groups is 1. The second kappa shape index (κ2) is 13.1. The summed E-state index contributed by atoms with van der Waals surface area (Å²) in [5.74, 6) is 0. The Kier molecular flexibility index (Phi) is 10.3. The predicted molar refractivity (Wildman–Crippen MR) is 152 cm³/mol. The Balaban J connectivity index is 0.00000420. The predicted octanol–water partition coefficient (Wildman–Crippen LogP) is 5.08. The van der Waals surface area contributed by atoms with Crippen molar-refractivity contribution < 1.29 is 30.4 Å². The molecule has 0 unspecified atom stereocenters. The number of carbonyl (C=O) groups excluding carboxylic acids is 1. The zero-order chi connectivity index (χ0) is 27.3. The van der Waals surface area contributed by atoms with Gasteiger partial charge in [0.05, 0.1) is 16.3 Å². The Morgan fingerprint density at radius 3 is 1.54 bits per heavy atom. The van der Waals surface area contributed by atoms with Crippen molar-refractivity contribution in [2.24, 2.45) is 0 Å². The zero-order valence-electron chi connectivity index (χ0n) is 19.9. The quantitative estimate of drug-likeness (QED) is 0.287. The minimum absolute atomic E-state index is 0. The fourth-order valence-electron chi connectivity index (χ4n) is 4.11.